The van der Waals surface area contributed by atoms with Crippen LogP contribution >= 0.6 is 27.5 Å². The molecule has 0 aliphatic carbocycles. The van der Waals surface area contributed by atoms with Gasteiger partial charge in [-0.2, -0.15) is 0 Å². The van der Waals surface area contributed by atoms with Crippen molar-refractivity contribution in [2.75, 3.05) is 0 Å². The van der Waals surface area contributed by atoms with Gasteiger partial charge in [-0.05, 0) is 38.1 Å². The van der Waals surface area contributed by atoms with Gasteiger partial charge in [0.25, 0.3) is 0 Å². The largest absolute Gasteiger partial charge is 0.439 e. The summed E-state index contributed by atoms with van der Waals surface area (Å²) in [5.74, 6) is 1.27. The van der Waals surface area contributed by atoms with E-state index in [1.807, 2.05) is 38.1 Å². The summed E-state index contributed by atoms with van der Waals surface area (Å²) in [6.45, 7) is 3.75. The molecular formula is C12H11BrClNO. The quantitative estimate of drug-likeness (QED) is 0.759. The molecule has 0 aliphatic heterocycles. The van der Waals surface area contributed by atoms with E-state index < -0.39 is 4.87 Å². The lowest BCUT2D eigenvalue weighted by Crippen LogP contribution is -2.04. The minimum atomic E-state index is -0.527. The molecule has 4 heteroatoms. The molecule has 0 fully saturated rings. The Morgan fingerprint density at radius 1 is 1.25 bits per heavy atom. The highest BCUT2D eigenvalue weighted by atomic mass is 79.9. The Balaban J connectivity index is 2.35. The summed E-state index contributed by atoms with van der Waals surface area (Å²) in [4.78, 5) is 3.69. The van der Waals surface area contributed by atoms with Crippen LogP contribution in [-0.4, -0.2) is 4.98 Å². The van der Waals surface area contributed by atoms with Crippen LogP contribution in [0.3, 0.4) is 0 Å². The average molecular weight is 301 g/mol. The molecule has 16 heavy (non-hydrogen) atoms. The SMILES string of the molecule is CC(C)(Cl)c1cnc(-c2ccc(Br)cc2)o1. The third-order valence-electron chi connectivity index (χ3n) is 2.18. The molecule has 0 amide bonds. The van der Waals surface area contributed by atoms with E-state index in [1.54, 1.807) is 6.20 Å². The molecule has 0 bridgehead atoms. The molecule has 2 nitrogen and oxygen atoms in total. The lowest BCUT2D eigenvalue weighted by atomic mass is 10.2. The van der Waals surface area contributed by atoms with Gasteiger partial charge in [-0.3, -0.25) is 0 Å². The van der Waals surface area contributed by atoms with Gasteiger partial charge in [0.2, 0.25) is 5.89 Å². The molecule has 0 N–H and O–H groups in total. The number of hydrogen-bond acceptors (Lipinski definition) is 2. The third kappa shape index (κ3) is 2.47. The van der Waals surface area contributed by atoms with Crippen molar-refractivity contribution in [1.82, 2.24) is 4.98 Å². The van der Waals surface area contributed by atoms with Crippen LogP contribution in [0, 0.1) is 0 Å². The maximum atomic E-state index is 6.14. The number of aromatic nitrogens is 1. The molecule has 1 heterocycles. The van der Waals surface area contributed by atoms with E-state index in [0.29, 0.717) is 11.7 Å². The summed E-state index contributed by atoms with van der Waals surface area (Å²) in [6.07, 6.45) is 1.67. The first-order chi connectivity index (χ1) is 7.47. The summed E-state index contributed by atoms with van der Waals surface area (Å²) in [7, 11) is 0. The Labute approximate surface area is 108 Å². The van der Waals surface area contributed by atoms with E-state index in [9.17, 15) is 0 Å². The van der Waals surface area contributed by atoms with Crippen molar-refractivity contribution in [3.05, 3.63) is 40.7 Å². The van der Waals surface area contributed by atoms with E-state index in [2.05, 4.69) is 20.9 Å². The maximum absolute atomic E-state index is 6.14. The highest BCUT2D eigenvalue weighted by Gasteiger charge is 2.22. The number of nitrogens with zero attached hydrogens (tertiary/aromatic N) is 1. The smallest absolute Gasteiger partial charge is 0.226 e. The van der Waals surface area contributed by atoms with Crippen molar-refractivity contribution in [3.63, 3.8) is 0 Å². The Kier molecular flexibility index (Phi) is 3.08. The number of benzene rings is 1. The third-order valence-corrected chi connectivity index (χ3v) is 2.90. The lowest BCUT2D eigenvalue weighted by molar-refractivity contribution is 0.472. The summed E-state index contributed by atoms with van der Waals surface area (Å²) >= 11 is 9.53. The summed E-state index contributed by atoms with van der Waals surface area (Å²) in [5, 5.41) is 0. The van der Waals surface area contributed by atoms with E-state index in [4.69, 9.17) is 16.0 Å². The number of halogens is 2. The van der Waals surface area contributed by atoms with Gasteiger partial charge in [0, 0.05) is 10.0 Å². The van der Waals surface area contributed by atoms with Gasteiger partial charge in [-0.1, -0.05) is 15.9 Å². The van der Waals surface area contributed by atoms with Gasteiger partial charge >= 0.3 is 0 Å². The van der Waals surface area contributed by atoms with Crippen LogP contribution in [0.25, 0.3) is 11.5 Å². The predicted octanol–water partition coefficient (Wildman–Crippen LogP) is 4.58. The van der Waals surface area contributed by atoms with Gasteiger partial charge in [-0.15, -0.1) is 11.6 Å². The first-order valence-corrected chi connectivity index (χ1v) is 6.05. The van der Waals surface area contributed by atoms with Crippen molar-refractivity contribution >= 4 is 27.5 Å². The summed E-state index contributed by atoms with van der Waals surface area (Å²) < 4.78 is 6.64. The summed E-state index contributed by atoms with van der Waals surface area (Å²) in [6, 6.07) is 7.79. The van der Waals surface area contributed by atoms with Crippen LogP contribution in [0.4, 0.5) is 0 Å². The molecule has 0 aliphatic rings. The van der Waals surface area contributed by atoms with Crippen LogP contribution in [0.5, 0.6) is 0 Å². The molecule has 1 aromatic carbocycles. The van der Waals surface area contributed by atoms with Crippen LogP contribution in [0.2, 0.25) is 0 Å². The molecule has 0 saturated heterocycles. The van der Waals surface area contributed by atoms with E-state index in [-0.39, 0.29) is 0 Å². The first kappa shape index (κ1) is 11.7. The standard InChI is InChI=1S/C12H11BrClNO/c1-12(2,14)10-7-15-11(16-10)8-3-5-9(13)6-4-8/h3-7H,1-2H3. The van der Waals surface area contributed by atoms with Gasteiger partial charge in [0.15, 0.2) is 0 Å². The predicted molar refractivity (Wildman–Crippen MR) is 68.5 cm³/mol. The first-order valence-electron chi connectivity index (χ1n) is 4.88. The zero-order valence-electron chi connectivity index (χ0n) is 9.00. The Morgan fingerprint density at radius 2 is 1.88 bits per heavy atom. The zero-order chi connectivity index (χ0) is 11.8. The molecule has 84 valence electrons. The minimum absolute atomic E-state index is 0.527. The molecule has 0 spiro atoms. The van der Waals surface area contributed by atoms with Crippen molar-refractivity contribution in [1.29, 1.82) is 0 Å². The van der Waals surface area contributed by atoms with Gasteiger partial charge in [0.1, 0.15) is 5.76 Å². The molecule has 0 atom stereocenters. The molecular weight excluding hydrogens is 289 g/mol. The van der Waals surface area contributed by atoms with Gasteiger partial charge < -0.3 is 4.42 Å². The fraction of sp³-hybridized carbons (Fsp3) is 0.250. The van der Waals surface area contributed by atoms with Crippen LogP contribution in [-0.2, 0) is 4.87 Å². The number of alkyl halides is 1. The Hall–Kier alpha value is -0.800. The average Bonchev–Trinajstić information content (AvgIpc) is 2.67. The van der Waals surface area contributed by atoms with Crippen LogP contribution in [0.1, 0.15) is 19.6 Å². The second kappa shape index (κ2) is 4.22. The number of rotatable bonds is 2. The van der Waals surface area contributed by atoms with E-state index >= 15 is 0 Å². The molecule has 2 aromatic rings. The van der Waals surface area contributed by atoms with Gasteiger partial charge in [-0.25, -0.2) is 4.98 Å². The Morgan fingerprint density at radius 3 is 2.38 bits per heavy atom. The maximum Gasteiger partial charge on any atom is 0.226 e. The van der Waals surface area contributed by atoms with E-state index in [1.165, 1.54) is 0 Å². The fourth-order valence-corrected chi connectivity index (χ4v) is 1.63. The topological polar surface area (TPSA) is 26.0 Å². The van der Waals surface area contributed by atoms with Crippen molar-refractivity contribution in [2.24, 2.45) is 0 Å². The lowest BCUT2D eigenvalue weighted by Gasteiger charge is -2.10. The minimum Gasteiger partial charge on any atom is -0.439 e. The van der Waals surface area contributed by atoms with Gasteiger partial charge in [0.05, 0.1) is 11.1 Å². The van der Waals surface area contributed by atoms with Crippen molar-refractivity contribution < 1.29 is 4.42 Å². The normalized spacial score (nSPS) is 11.8. The molecule has 2 rings (SSSR count). The highest BCUT2D eigenvalue weighted by Crippen LogP contribution is 2.31. The van der Waals surface area contributed by atoms with Crippen LogP contribution in [0.15, 0.2) is 39.4 Å². The molecule has 1 aromatic heterocycles. The van der Waals surface area contributed by atoms with Crippen molar-refractivity contribution in [2.45, 2.75) is 18.7 Å². The van der Waals surface area contributed by atoms with Crippen LogP contribution < -0.4 is 0 Å². The monoisotopic (exact) mass is 299 g/mol. The van der Waals surface area contributed by atoms with E-state index in [0.717, 1.165) is 10.0 Å². The number of hydrogen-bond donors (Lipinski definition) is 0. The zero-order valence-corrected chi connectivity index (χ0v) is 11.3. The second-order valence-corrected chi connectivity index (χ2v) is 5.87. The van der Waals surface area contributed by atoms with Crippen molar-refractivity contribution in [3.8, 4) is 11.5 Å². The highest BCUT2D eigenvalue weighted by molar-refractivity contribution is 9.10. The number of oxazole rings is 1. The Bertz CT molecular complexity index is 484. The molecule has 0 saturated carbocycles. The molecule has 0 unspecified atom stereocenters. The fourth-order valence-electron chi connectivity index (χ4n) is 1.27. The second-order valence-electron chi connectivity index (χ2n) is 4.01. The summed E-state index contributed by atoms with van der Waals surface area (Å²) in [5.41, 5.74) is 0.940. The molecule has 0 radical (unpaired) electrons.